The van der Waals surface area contributed by atoms with Gasteiger partial charge in [-0.15, -0.1) is 0 Å². The van der Waals surface area contributed by atoms with Crippen LogP contribution >= 0.6 is 7.82 Å². The molecule has 12 nitrogen and oxygen atoms in total. The van der Waals surface area contributed by atoms with Gasteiger partial charge in [-0.2, -0.15) is 0 Å². The molecule has 1 rings (SSSR count). The minimum absolute atomic E-state index is 0.00404. The first-order chi connectivity index (χ1) is 16.8. The fourth-order valence-corrected chi connectivity index (χ4v) is 3.73. The first-order valence-corrected chi connectivity index (χ1v) is 13.2. The van der Waals surface area contributed by atoms with E-state index >= 15 is 0 Å². The number of carbonyl (C=O) groups excluding carboxylic acids is 3. The molecule has 0 aliphatic carbocycles. The molecular weight excluding hydrogens is 493 g/mol. The summed E-state index contributed by atoms with van der Waals surface area (Å²) in [6.45, 7) is 5.82. The normalized spacial score (nSPS) is 12.9. The Morgan fingerprint density at radius 1 is 0.944 bits per heavy atom. The number of nitrogens with one attached hydrogen (secondary N) is 3. The van der Waals surface area contributed by atoms with Crippen molar-refractivity contribution in [3.63, 3.8) is 0 Å². The number of unbranched alkanes of at least 4 members (excludes halogenated alkanes) is 1. The monoisotopic (exact) mass is 529 g/mol. The van der Waals surface area contributed by atoms with Gasteiger partial charge in [0.15, 0.2) is 0 Å². The van der Waals surface area contributed by atoms with Crippen LogP contribution in [0.25, 0.3) is 0 Å². The van der Waals surface area contributed by atoms with Gasteiger partial charge < -0.3 is 25.6 Å². The minimum atomic E-state index is -4.72. The first kappa shape index (κ1) is 31.1. The standard InChI is InChI=1S/C23H36N3O9P/c1-15(2)6-4-5-13-24-22(30)19(11-12-21(28)29)26-23(31)20(25-16(3)27)14-17-7-9-18(10-8-17)35-36(32,33)34/h7-10,15,19-20H,4-6,11-14H2,1-3H3,(H,24,30)(H,25,27)(H,26,31)(H,28,29)(H2,32,33,34)/t19-,20+/m0/s1. The van der Waals surface area contributed by atoms with Gasteiger partial charge in [-0.1, -0.05) is 38.8 Å². The quantitative estimate of drug-likeness (QED) is 0.136. The molecule has 6 N–H and O–H groups in total. The van der Waals surface area contributed by atoms with Gasteiger partial charge in [0, 0.05) is 26.3 Å². The third kappa shape index (κ3) is 13.8. The van der Waals surface area contributed by atoms with Gasteiger partial charge >= 0.3 is 13.8 Å². The van der Waals surface area contributed by atoms with E-state index in [9.17, 15) is 23.7 Å². The maximum atomic E-state index is 13.0. The average molecular weight is 530 g/mol. The van der Waals surface area contributed by atoms with Crippen molar-refractivity contribution in [2.75, 3.05) is 6.54 Å². The van der Waals surface area contributed by atoms with E-state index in [0.29, 0.717) is 18.0 Å². The number of amides is 3. The zero-order valence-electron chi connectivity index (χ0n) is 20.7. The summed E-state index contributed by atoms with van der Waals surface area (Å²) in [6, 6.07) is 3.37. The molecule has 0 unspecified atom stereocenters. The van der Waals surface area contributed by atoms with Crippen molar-refractivity contribution in [3.8, 4) is 5.75 Å². The largest absolute Gasteiger partial charge is 0.524 e. The Balaban J connectivity index is 2.87. The smallest absolute Gasteiger partial charge is 0.481 e. The summed E-state index contributed by atoms with van der Waals surface area (Å²) in [4.78, 5) is 66.1. The van der Waals surface area contributed by atoms with Gasteiger partial charge in [0.05, 0.1) is 0 Å². The summed E-state index contributed by atoms with van der Waals surface area (Å²) < 4.78 is 15.4. The van der Waals surface area contributed by atoms with Crippen LogP contribution in [0.15, 0.2) is 24.3 Å². The van der Waals surface area contributed by atoms with Gasteiger partial charge in [-0.25, -0.2) is 4.57 Å². The van der Waals surface area contributed by atoms with Crippen molar-refractivity contribution in [2.45, 2.75) is 71.4 Å². The molecule has 0 saturated carbocycles. The van der Waals surface area contributed by atoms with Crippen LogP contribution in [0.5, 0.6) is 5.75 Å². The number of benzene rings is 1. The van der Waals surface area contributed by atoms with E-state index in [0.717, 1.165) is 19.3 Å². The summed E-state index contributed by atoms with van der Waals surface area (Å²) in [5.41, 5.74) is 0.540. The Kier molecular flexibility index (Phi) is 13.1. The second kappa shape index (κ2) is 15.2. The fourth-order valence-electron chi connectivity index (χ4n) is 3.34. The molecule has 0 bridgehead atoms. The molecule has 1 aromatic carbocycles. The molecule has 0 saturated heterocycles. The van der Waals surface area contributed by atoms with Crippen LogP contribution in [0.2, 0.25) is 0 Å². The van der Waals surface area contributed by atoms with Gasteiger partial charge in [0.1, 0.15) is 17.8 Å². The molecule has 13 heteroatoms. The van der Waals surface area contributed by atoms with Crippen molar-refractivity contribution in [3.05, 3.63) is 29.8 Å². The number of carboxylic acid groups (broad SMARTS) is 1. The Labute approximate surface area is 210 Å². The third-order valence-corrected chi connectivity index (χ3v) is 5.52. The molecule has 0 radical (unpaired) electrons. The zero-order chi connectivity index (χ0) is 27.3. The van der Waals surface area contributed by atoms with Crippen LogP contribution in [0.3, 0.4) is 0 Å². The molecule has 0 spiro atoms. The number of hydrogen-bond donors (Lipinski definition) is 6. The minimum Gasteiger partial charge on any atom is -0.481 e. The van der Waals surface area contributed by atoms with Crippen LogP contribution < -0.4 is 20.5 Å². The van der Waals surface area contributed by atoms with E-state index in [4.69, 9.17) is 14.9 Å². The van der Waals surface area contributed by atoms with Crippen LogP contribution in [0.1, 0.15) is 58.4 Å². The fraction of sp³-hybridized carbons (Fsp3) is 0.565. The number of carbonyl (C=O) groups is 4. The molecule has 202 valence electrons. The summed E-state index contributed by atoms with van der Waals surface area (Å²) in [6.07, 6.45) is 2.23. The maximum Gasteiger partial charge on any atom is 0.524 e. The number of carboxylic acids is 1. The molecule has 36 heavy (non-hydrogen) atoms. The Morgan fingerprint density at radius 2 is 1.58 bits per heavy atom. The maximum absolute atomic E-state index is 13.0. The zero-order valence-corrected chi connectivity index (χ0v) is 21.6. The van der Waals surface area contributed by atoms with E-state index in [1.807, 2.05) is 0 Å². The average Bonchev–Trinajstić information content (AvgIpc) is 2.75. The lowest BCUT2D eigenvalue weighted by molar-refractivity contribution is -0.138. The molecule has 2 atom stereocenters. The highest BCUT2D eigenvalue weighted by atomic mass is 31.2. The van der Waals surface area contributed by atoms with Gasteiger partial charge in [-0.3, -0.25) is 29.0 Å². The number of phosphoric ester groups is 1. The van der Waals surface area contributed by atoms with Crippen molar-refractivity contribution in [1.82, 2.24) is 16.0 Å². The summed E-state index contributed by atoms with van der Waals surface area (Å²) in [5, 5.41) is 16.8. The van der Waals surface area contributed by atoms with Crippen molar-refractivity contribution in [2.24, 2.45) is 5.92 Å². The van der Waals surface area contributed by atoms with Gasteiger partial charge in [-0.05, 0) is 36.5 Å². The Bertz CT molecular complexity index is 931. The Morgan fingerprint density at radius 3 is 2.11 bits per heavy atom. The summed E-state index contributed by atoms with van der Waals surface area (Å²) in [5.74, 6) is -2.32. The van der Waals surface area contributed by atoms with E-state index in [1.165, 1.54) is 31.2 Å². The van der Waals surface area contributed by atoms with E-state index in [1.54, 1.807) is 0 Å². The van der Waals surface area contributed by atoms with Crippen molar-refractivity contribution < 1.29 is 43.2 Å². The molecule has 0 fully saturated rings. The molecule has 0 aromatic heterocycles. The SMILES string of the molecule is CC(=O)N[C@H](Cc1ccc(OP(=O)(O)O)cc1)C(=O)N[C@@H](CCC(=O)O)C(=O)NCCCCC(C)C. The van der Waals surface area contributed by atoms with Gasteiger partial charge in [0.25, 0.3) is 0 Å². The highest BCUT2D eigenvalue weighted by Gasteiger charge is 2.27. The lowest BCUT2D eigenvalue weighted by Crippen LogP contribution is -2.54. The van der Waals surface area contributed by atoms with Gasteiger partial charge in [0.2, 0.25) is 17.7 Å². The van der Waals surface area contributed by atoms with Crippen LogP contribution in [-0.4, -0.2) is 57.2 Å². The number of aliphatic carboxylic acids is 1. The second-order valence-corrected chi connectivity index (χ2v) is 10.0. The molecular formula is C23H36N3O9P. The second-order valence-electron chi connectivity index (χ2n) is 8.86. The number of hydrogen-bond acceptors (Lipinski definition) is 6. The molecule has 3 amide bonds. The highest BCUT2D eigenvalue weighted by molar-refractivity contribution is 7.46. The molecule has 0 aliphatic heterocycles. The van der Waals surface area contributed by atoms with Crippen molar-refractivity contribution >= 4 is 31.5 Å². The lowest BCUT2D eigenvalue weighted by Gasteiger charge is -2.23. The van der Waals surface area contributed by atoms with Crippen LogP contribution in [-0.2, 0) is 30.2 Å². The Hall–Kier alpha value is -2.95. The van der Waals surface area contributed by atoms with E-state index < -0.39 is 43.6 Å². The van der Waals surface area contributed by atoms with Crippen molar-refractivity contribution in [1.29, 1.82) is 0 Å². The summed E-state index contributed by atoms with van der Waals surface area (Å²) in [7, 11) is -4.72. The highest BCUT2D eigenvalue weighted by Crippen LogP contribution is 2.37. The molecule has 0 heterocycles. The topological polar surface area (TPSA) is 191 Å². The predicted molar refractivity (Wildman–Crippen MR) is 131 cm³/mol. The predicted octanol–water partition coefficient (Wildman–Crippen LogP) is 1.50. The molecule has 0 aliphatic rings. The first-order valence-electron chi connectivity index (χ1n) is 11.7. The van der Waals surface area contributed by atoms with Crippen LogP contribution in [0.4, 0.5) is 0 Å². The number of phosphoric acid groups is 1. The lowest BCUT2D eigenvalue weighted by atomic mass is 10.0. The van der Waals surface area contributed by atoms with E-state index in [2.05, 4.69) is 34.3 Å². The number of rotatable bonds is 16. The third-order valence-electron chi connectivity index (χ3n) is 5.07. The van der Waals surface area contributed by atoms with E-state index in [-0.39, 0.29) is 25.0 Å². The summed E-state index contributed by atoms with van der Waals surface area (Å²) >= 11 is 0. The molecule has 1 aromatic rings. The van der Waals surface area contributed by atoms with Crippen LogP contribution in [0, 0.1) is 5.92 Å².